The van der Waals surface area contributed by atoms with Crippen molar-refractivity contribution in [2.24, 2.45) is 0 Å². The molecule has 2 aliphatic rings. The smallest absolute Gasteiger partial charge is 0.379 e. The summed E-state index contributed by atoms with van der Waals surface area (Å²) >= 11 is 0. The van der Waals surface area contributed by atoms with Gasteiger partial charge in [-0.25, -0.2) is 9.97 Å². The number of hydrogen-bond donors (Lipinski definition) is 1. The Labute approximate surface area is 195 Å². The first-order valence-corrected chi connectivity index (χ1v) is 11.4. The lowest BCUT2D eigenvalue weighted by molar-refractivity contribution is -0.137. The standard InChI is InChI=1S/C22H28F3N7O2/c1-15(30-19-13-29-28-12-18(19)22(23,24)25)14-34-9-4-20(33)31-5-7-32(8-6-31)21-26-10-17(11-27-21)16-2-3-16/h10-13,15-16H,2-9,14H2,1H3,(H,28,30). The number of carbonyl (C=O) groups excluding carboxylic acids is 1. The molecule has 12 heteroatoms. The van der Waals surface area contributed by atoms with Crippen LogP contribution in [0.4, 0.5) is 24.8 Å². The summed E-state index contributed by atoms with van der Waals surface area (Å²) in [7, 11) is 0. The van der Waals surface area contributed by atoms with E-state index >= 15 is 0 Å². The van der Waals surface area contributed by atoms with Gasteiger partial charge in [0.15, 0.2) is 0 Å². The van der Waals surface area contributed by atoms with Crippen LogP contribution in [0.25, 0.3) is 0 Å². The van der Waals surface area contributed by atoms with Crippen molar-refractivity contribution in [3.63, 3.8) is 0 Å². The van der Waals surface area contributed by atoms with Gasteiger partial charge in [-0.3, -0.25) is 4.79 Å². The number of ether oxygens (including phenoxy) is 1. The molecule has 4 rings (SSSR count). The highest BCUT2D eigenvalue weighted by molar-refractivity contribution is 5.76. The summed E-state index contributed by atoms with van der Waals surface area (Å²) in [5, 5.41) is 9.55. The third kappa shape index (κ3) is 6.31. The second-order valence-corrected chi connectivity index (χ2v) is 8.64. The fraction of sp³-hybridized carbons (Fsp3) is 0.591. The molecule has 1 atom stereocenters. The summed E-state index contributed by atoms with van der Waals surface area (Å²) in [6.45, 7) is 4.53. The van der Waals surface area contributed by atoms with Gasteiger partial charge < -0.3 is 19.9 Å². The molecule has 3 heterocycles. The molecule has 2 aromatic heterocycles. The van der Waals surface area contributed by atoms with E-state index in [1.54, 1.807) is 11.8 Å². The molecule has 0 aromatic carbocycles. The van der Waals surface area contributed by atoms with Crippen molar-refractivity contribution in [1.29, 1.82) is 0 Å². The van der Waals surface area contributed by atoms with Crippen LogP contribution in [0.15, 0.2) is 24.8 Å². The second kappa shape index (κ2) is 10.5. The summed E-state index contributed by atoms with van der Waals surface area (Å²) in [5.41, 5.74) is 0.159. The van der Waals surface area contributed by atoms with Crippen molar-refractivity contribution >= 4 is 17.5 Å². The van der Waals surface area contributed by atoms with Crippen LogP contribution in [0.1, 0.15) is 43.2 Å². The van der Waals surface area contributed by atoms with Crippen LogP contribution in [0.2, 0.25) is 0 Å². The molecule has 34 heavy (non-hydrogen) atoms. The van der Waals surface area contributed by atoms with E-state index in [9.17, 15) is 18.0 Å². The Morgan fingerprint density at radius 1 is 1.12 bits per heavy atom. The van der Waals surface area contributed by atoms with Crippen molar-refractivity contribution in [3.8, 4) is 0 Å². The predicted molar refractivity (Wildman–Crippen MR) is 118 cm³/mol. The van der Waals surface area contributed by atoms with E-state index in [1.165, 1.54) is 18.4 Å². The first-order chi connectivity index (χ1) is 16.3. The first kappa shape index (κ1) is 24.1. The van der Waals surface area contributed by atoms with Crippen molar-refractivity contribution in [3.05, 3.63) is 35.9 Å². The molecule has 1 aliphatic heterocycles. The Morgan fingerprint density at radius 2 is 1.79 bits per heavy atom. The van der Waals surface area contributed by atoms with Gasteiger partial charge in [0.25, 0.3) is 0 Å². The predicted octanol–water partition coefficient (Wildman–Crippen LogP) is 2.72. The van der Waals surface area contributed by atoms with E-state index < -0.39 is 17.8 Å². The molecule has 0 bridgehead atoms. The Hall–Kier alpha value is -3.02. The van der Waals surface area contributed by atoms with Crippen LogP contribution >= 0.6 is 0 Å². The zero-order chi connectivity index (χ0) is 24.1. The van der Waals surface area contributed by atoms with Crippen LogP contribution in [-0.4, -0.2) is 76.4 Å². The molecule has 184 valence electrons. The van der Waals surface area contributed by atoms with Gasteiger partial charge >= 0.3 is 6.18 Å². The lowest BCUT2D eigenvalue weighted by atomic mass is 10.2. The van der Waals surface area contributed by atoms with Gasteiger partial charge in [-0.2, -0.15) is 23.4 Å². The largest absolute Gasteiger partial charge is 0.420 e. The van der Waals surface area contributed by atoms with Crippen molar-refractivity contribution in [2.45, 2.75) is 44.3 Å². The molecule has 2 fully saturated rings. The zero-order valence-electron chi connectivity index (χ0n) is 19.0. The lowest BCUT2D eigenvalue weighted by Gasteiger charge is -2.34. The third-order valence-corrected chi connectivity index (χ3v) is 5.89. The number of nitrogens with zero attached hydrogens (tertiary/aromatic N) is 6. The average molecular weight is 480 g/mol. The average Bonchev–Trinajstić information content (AvgIpc) is 3.67. The molecule has 1 unspecified atom stereocenters. The molecule has 0 radical (unpaired) electrons. The summed E-state index contributed by atoms with van der Waals surface area (Å²) < 4.78 is 44.7. The van der Waals surface area contributed by atoms with Crippen molar-refractivity contribution in [2.75, 3.05) is 49.6 Å². The molecule has 1 saturated carbocycles. The Kier molecular flexibility index (Phi) is 7.44. The monoisotopic (exact) mass is 479 g/mol. The van der Waals surface area contributed by atoms with E-state index in [2.05, 4.69) is 30.4 Å². The lowest BCUT2D eigenvalue weighted by Crippen LogP contribution is -2.49. The van der Waals surface area contributed by atoms with E-state index in [0.717, 1.165) is 6.20 Å². The highest BCUT2D eigenvalue weighted by atomic mass is 19.4. The van der Waals surface area contributed by atoms with E-state index in [4.69, 9.17) is 4.74 Å². The van der Waals surface area contributed by atoms with E-state index in [1.807, 2.05) is 12.4 Å². The number of carbonyl (C=O) groups is 1. The maximum Gasteiger partial charge on any atom is 0.420 e. The number of anilines is 2. The van der Waals surface area contributed by atoms with Crippen LogP contribution < -0.4 is 10.2 Å². The van der Waals surface area contributed by atoms with Gasteiger partial charge in [0.2, 0.25) is 11.9 Å². The molecule has 1 saturated heterocycles. The minimum atomic E-state index is -4.53. The van der Waals surface area contributed by atoms with Gasteiger partial charge in [0.1, 0.15) is 5.56 Å². The maximum absolute atomic E-state index is 13.0. The van der Waals surface area contributed by atoms with Gasteiger partial charge in [-0.05, 0) is 31.2 Å². The van der Waals surface area contributed by atoms with Crippen LogP contribution in [0, 0.1) is 0 Å². The molecule has 1 N–H and O–H groups in total. The molecular weight excluding hydrogens is 451 g/mol. The van der Waals surface area contributed by atoms with E-state index in [0.29, 0.717) is 44.2 Å². The number of hydrogen-bond acceptors (Lipinski definition) is 8. The molecule has 9 nitrogen and oxygen atoms in total. The highest BCUT2D eigenvalue weighted by Crippen LogP contribution is 2.39. The normalized spacial score (nSPS) is 17.5. The Balaban J connectivity index is 1.14. The van der Waals surface area contributed by atoms with Crippen LogP contribution in [0.3, 0.4) is 0 Å². The fourth-order valence-corrected chi connectivity index (χ4v) is 3.82. The number of halogens is 3. The third-order valence-electron chi connectivity index (χ3n) is 5.89. The minimum absolute atomic E-state index is 0.0112. The zero-order valence-corrected chi connectivity index (χ0v) is 19.0. The van der Waals surface area contributed by atoms with Crippen molar-refractivity contribution in [1.82, 2.24) is 25.1 Å². The molecule has 1 aliphatic carbocycles. The number of alkyl halides is 3. The number of nitrogens with one attached hydrogen (secondary N) is 1. The Morgan fingerprint density at radius 3 is 2.44 bits per heavy atom. The molecule has 1 amide bonds. The topological polar surface area (TPSA) is 96.4 Å². The summed E-state index contributed by atoms with van der Waals surface area (Å²) in [6, 6.07) is -0.407. The van der Waals surface area contributed by atoms with Crippen molar-refractivity contribution < 1.29 is 22.7 Å². The first-order valence-electron chi connectivity index (χ1n) is 11.4. The summed E-state index contributed by atoms with van der Waals surface area (Å²) in [4.78, 5) is 25.3. The second-order valence-electron chi connectivity index (χ2n) is 8.64. The van der Waals surface area contributed by atoms with Gasteiger partial charge in [-0.1, -0.05) is 0 Å². The number of piperazine rings is 1. The van der Waals surface area contributed by atoms with Gasteiger partial charge in [-0.15, -0.1) is 0 Å². The highest BCUT2D eigenvalue weighted by Gasteiger charge is 2.34. The molecule has 0 spiro atoms. The maximum atomic E-state index is 13.0. The SMILES string of the molecule is CC(COCCC(=O)N1CCN(c2ncc(C3CC3)cn2)CC1)Nc1cnncc1C(F)(F)F. The number of rotatable bonds is 9. The Bertz CT molecular complexity index is 962. The summed E-state index contributed by atoms with van der Waals surface area (Å²) in [6.07, 6.45) is 3.64. The van der Waals surface area contributed by atoms with Gasteiger partial charge in [0, 0.05) is 44.6 Å². The quantitative estimate of drug-likeness (QED) is 0.549. The van der Waals surface area contributed by atoms with Gasteiger partial charge in [0.05, 0.1) is 37.7 Å². The summed E-state index contributed by atoms with van der Waals surface area (Å²) in [5.74, 6) is 1.30. The molecule has 2 aromatic rings. The minimum Gasteiger partial charge on any atom is -0.379 e. The van der Waals surface area contributed by atoms with Crippen LogP contribution in [0.5, 0.6) is 0 Å². The number of amides is 1. The van der Waals surface area contributed by atoms with Crippen LogP contribution in [-0.2, 0) is 15.7 Å². The molecular formula is C22H28F3N7O2. The fourth-order valence-electron chi connectivity index (χ4n) is 3.82. The number of aromatic nitrogens is 4. The van der Waals surface area contributed by atoms with E-state index in [-0.39, 0.29) is 31.2 Å².